The third-order valence-electron chi connectivity index (χ3n) is 4.36. The van der Waals surface area contributed by atoms with E-state index in [9.17, 15) is 13.2 Å². The maximum atomic E-state index is 14.5. The Morgan fingerprint density at radius 3 is 2.19 bits per heavy atom. The van der Waals surface area contributed by atoms with Crippen LogP contribution in [-0.4, -0.2) is 6.61 Å². The molecule has 0 aliphatic heterocycles. The van der Waals surface area contributed by atoms with Gasteiger partial charge < -0.3 is 9.47 Å². The van der Waals surface area contributed by atoms with Gasteiger partial charge in [0.2, 0.25) is 5.82 Å². The first-order valence-corrected chi connectivity index (χ1v) is 8.26. The predicted molar refractivity (Wildman–Crippen MR) is 92.7 cm³/mol. The SMILES string of the molecule is CCOc1ccc2c(c1F)-c1c-2cc(OCc2ccccc2)c(F)c1F. The zero-order valence-corrected chi connectivity index (χ0v) is 14.0. The van der Waals surface area contributed by atoms with E-state index in [-0.39, 0.29) is 35.8 Å². The Morgan fingerprint density at radius 2 is 1.46 bits per heavy atom. The van der Waals surface area contributed by atoms with Crippen molar-refractivity contribution >= 4 is 0 Å². The van der Waals surface area contributed by atoms with Crippen LogP contribution in [0.3, 0.4) is 0 Å². The lowest BCUT2D eigenvalue weighted by Crippen LogP contribution is -2.10. The van der Waals surface area contributed by atoms with Crippen LogP contribution in [0.15, 0.2) is 48.5 Å². The predicted octanol–water partition coefficient (Wildman–Crippen LogP) is 5.73. The van der Waals surface area contributed by atoms with Crippen LogP contribution >= 0.6 is 0 Å². The molecule has 5 heteroatoms. The number of rotatable bonds is 5. The Hall–Kier alpha value is -2.95. The molecule has 3 aromatic rings. The highest BCUT2D eigenvalue weighted by atomic mass is 19.2. The topological polar surface area (TPSA) is 18.5 Å². The first-order valence-electron chi connectivity index (χ1n) is 8.26. The first-order chi connectivity index (χ1) is 12.6. The molecule has 0 radical (unpaired) electrons. The molecule has 0 fully saturated rings. The molecular weight excluding hydrogens is 341 g/mol. The second-order valence-electron chi connectivity index (χ2n) is 5.93. The standard InChI is InChI=1S/C21H15F3O2/c1-2-25-15-9-8-13-14-10-16(26-11-12-6-4-3-5-7-12)20(23)21(24)18(14)17(13)19(15)22/h3-10H,2,11H2,1H3. The highest BCUT2D eigenvalue weighted by molar-refractivity contribution is 6.04. The zero-order valence-electron chi connectivity index (χ0n) is 14.0. The number of benzene rings is 3. The summed E-state index contributed by atoms with van der Waals surface area (Å²) in [5.74, 6) is -3.06. The van der Waals surface area contributed by atoms with Crippen molar-refractivity contribution in [2.24, 2.45) is 0 Å². The maximum absolute atomic E-state index is 14.5. The van der Waals surface area contributed by atoms with E-state index in [4.69, 9.17) is 9.47 Å². The van der Waals surface area contributed by atoms with Gasteiger partial charge in [0.1, 0.15) is 6.61 Å². The zero-order chi connectivity index (χ0) is 18.3. The van der Waals surface area contributed by atoms with Crippen LogP contribution in [0.5, 0.6) is 11.5 Å². The minimum Gasteiger partial charge on any atom is -0.491 e. The van der Waals surface area contributed by atoms with E-state index < -0.39 is 17.5 Å². The first kappa shape index (κ1) is 16.5. The van der Waals surface area contributed by atoms with E-state index in [1.165, 1.54) is 12.1 Å². The van der Waals surface area contributed by atoms with Gasteiger partial charge in [0.25, 0.3) is 0 Å². The highest BCUT2D eigenvalue weighted by Crippen LogP contribution is 2.53. The van der Waals surface area contributed by atoms with Crippen molar-refractivity contribution in [1.82, 2.24) is 0 Å². The van der Waals surface area contributed by atoms with Crippen molar-refractivity contribution < 1.29 is 22.6 Å². The monoisotopic (exact) mass is 356 g/mol. The summed E-state index contributed by atoms with van der Waals surface area (Å²) in [4.78, 5) is 0. The van der Waals surface area contributed by atoms with E-state index in [1.54, 1.807) is 13.0 Å². The molecule has 2 nitrogen and oxygen atoms in total. The number of ether oxygens (including phenoxy) is 2. The van der Waals surface area contributed by atoms with E-state index in [0.717, 1.165) is 5.56 Å². The maximum Gasteiger partial charge on any atom is 0.201 e. The summed E-state index contributed by atoms with van der Waals surface area (Å²) >= 11 is 0. The normalized spacial score (nSPS) is 11.4. The summed E-state index contributed by atoms with van der Waals surface area (Å²) in [6.45, 7) is 2.12. The number of fused-ring (bicyclic) bond motifs is 4. The molecule has 132 valence electrons. The minimum atomic E-state index is -1.12. The van der Waals surface area contributed by atoms with Gasteiger partial charge in [-0.05, 0) is 41.8 Å². The van der Waals surface area contributed by atoms with Gasteiger partial charge in [0.05, 0.1) is 6.61 Å². The highest BCUT2D eigenvalue weighted by Gasteiger charge is 2.34. The van der Waals surface area contributed by atoms with Crippen molar-refractivity contribution in [1.29, 1.82) is 0 Å². The van der Waals surface area contributed by atoms with Crippen LogP contribution in [0.4, 0.5) is 13.2 Å². The molecule has 0 spiro atoms. The van der Waals surface area contributed by atoms with Crippen LogP contribution < -0.4 is 9.47 Å². The molecule has 26 heavy (non-hydrogen) atoms. The van der Waals surface area contributed by atoms with Gasteiger partial charge in [-0.2, -0.15) is 4.39 Å². The minimum absolute atomic E-state index is 0.0288. The smallest absolute Gasteiger partial charge is 0.201 e. The van der Waals surface area contributed by atoms with Gasteiger partial charge in [-0.25, -0.2) is 8.78 Å². The molecule has 0 heterocycles. The average Bonchev–Trinajstić information content (AvgIpc) is 2.64. The molecule has 0 unspecified atom stereocenters. The molecule has 0 saturated carbocycles. The summed E-state index contributed by atoms with van der Waals surface area (Å²) in [7, 11) is 0. The second-order valence-corrected chi connectivity index (χ2v) is 5.93. The third kappa shape index (κ3) is 2.51. The van der Waals surface area contributed by atoms with Crippen molar-refractivity contribution in [3.05, 3.63) is 71.5 Å². The average molecular weight is 356 g/mol. The summed E-state index contributed by atoms with van der Waals surface area (Å²) < 4.78 is 54.1. The fraction of sp³-hybridized carbons (Fsp3) is 0.143. The quantitative estimate of drug-likeness (QED) is 0.455. The Labute approximate surface area is 148 Å². The molecule has 0 atom stereocenters. The Balaban J connectivity index is 1.69. The summed E-state index contributed by atoms with van der Waals surface area (Å²) in [6.07, 6.45) is 0. The fourth-order valence-corrected chi connectivity index (χ4v) is 3.13. The van der Waals surface area contributed by atoms with Crippen molar-refractivity contribution in [3.63, 3.8) is 0 Å². The number of halogens is 3. The van der Waals surface area contributed by atoms with Crippen molar-refractivity contribution in [2.75, 3.05) is 6.61 Å². The molecular formula is C21H15F3O2. The molecule has 1 aliphatic carbocycles. The lowest BCUT2D eigenvalue weighted by atomic mass is 9.79. The van der Waals surface area contributed by atoms with E-state index in [2.05, 4.69) is 0 Å². The van der Waals surface area contributed by atoms with Crippen molar-refractivity contribution in [2.45, 2.75) is 13.5 Å². The lowest BCUT2D eigenvalue weighted by molar-refractivity contribution is 0.285. The Bertz CT molecular complexity index is 985. The summed E-state index contributed by atoms with van der Waals surface area (Å²) in [5.41, 5.74) is 1.77. The second kappa shape index (κ2) is 6.41. The summed E-state index contributed by atoms with van der Waals surface area (Å²) in [5, 5.41) is 0. The molecule has 1 aliphatic rings. The molecule has 0 aromatic heterocycles. The molecule has 0 N–H and O–H groups in total. The molecule has 4 rings (SSSR count). The van der Waals surface area contributed by atoms with Gasteiger partial charge in [0.15, 0.2) is 23.1 Å². The largest absolute Gasteiger partial charge is 0.491 e. The van der Waals surface area contributed by atoms with E-state index >= 15 is 0 Å². The van der Waals surface area contributed by atoms with Crippen LogP contribution in [0, 0.1) is 17.5 Å². The van der Waals surface area contributed by atoms with Gasteiger partial charge >= 0.3 is 0 Å². The van der Waals surface area contributed by atoms with Crippen molar-refractivity contribution in [3.8, 4) is 33.8 Å². The Kier molecular flexibility index (Phi) is 4.07. The molecule has 0 amide bonds. The summed E-state index contributed by atoms with van der Waals surface area (Å²) in [6, 6.07) is 13.7. The van der Waals surface area contributed by atoms with Crippen LogP contribution in [-0.2, 0) is 6.61 Å². The lowest BCUT2D eigenvalue weighted by Gasteiger charge is -2.27. The van der Waals surface area contributed by atoms with Crippen LogP contribution in [0.2, 0.25) is 0 Å². The Morgan fingerprint density at radius 1 is 0.731 bits per heavy atom. The van der Waals surface area contributed by atoms with Gasteiger partial charge in [0, 0.05) is 11.1 Å². The fourth-order valence-electron chi connectivity index (χ4n) is 3.13. The number of hydrogen-bond donors (Lipinski definition) is 0. The molecule has 3 aromatic carbocycles. The molecule has 0 saturated heterocycles. The van der Waals surface area contributed by atoms with Gasteiger partial charge in [-0.3, -0.25) is 0 Å². The number of hydrogen-bond acceptors (Lipinski definition) is 2. The third-order valence-corrected chi connectivity index (χ3v) is 4.36. The molecule has 0 bridgehead atoms. The van der Waals surface area contributed by atoms with E-state index in [1.807, 2.05) is 30.3 Å². The van der Waals surface area contributed by atoms with Gasteiger partial charge in [-0.15, -0.1) is 0 Å². The van der Waals surface area contributed by atoms with Gasteiger partial charge in [-0.1, -0.05) is 30.3 Å². The van der Waals surface area contributed by atoms with Crippen LogP contribution in [0.1, 0.15) is 12.5 Å². The van der Waals surface area contributed by atoms with Crippen LogP contribution in [0.25, 0.3) is 22.3 Å². The van der Waals surface area contributed by atoms with E-state index in [0.29, 0.717) is 11.1 Å².